The van der Waals surface area contributed by atoms with Crippen molar-refractivity contribution in [3.05, 3.63) is 0 Å². The molecule has 0 aliphatic carbocycles. The number of hydrogen-bond acceptors (Lipinski definition) is 5. The standard InChI is InChI=1S/C19H40O6S/c1-5-9-11-17(7-3)13-23-15-19(25-26(20,21)22)16-24-14-18(8-4)12-10-6-2/h17-19H,5-16H2,1-4H3,(H,20,21,22). The minimum atomic E-state index is -4.52. The summed E-state index contributed by atoms with van der Waals surface area (Å²) in [5, 5.41) is 0. The first-order valence-electron chi connectivity index (χ1n) is 10.2. The maximum atomic E-state index is 11.1. The number of rotatable bonds is 18. The SMILES string of the molecule is CCCCC(CC)COCC(COCC(CC)CCCC)OS(=O)(=O)O. The monoisotopic (exact) mass is 396 g/mol. The van der Waals surface area contributed by atoms with Crippen LogP contribution in [0.25, 0.3) is 0 Å². The van der Waals surface area contributed by atoms with Crippen LogP contribution >= 0.6 is 0 Å². The average Bonchev–Trinajstić information content (AvgIpc) is 2.59. The van der Waals surface area contributed by atoms with Crippen molar-refractivity contribution >= 4 is 10.4 Å². The van der Waals surface area contributed by atoms with E-state index in [-0.39, 0.29) is 13.2 Å². The molecule has 0 amide bonds. The van der Waals surface area contributed by atoms with Crippen molar-refractivity contribution in [1.29, 1.82) is 0 Å². The van der Waals surface area contributed by atoms with E-state index in [1.807, 2.05) is 0 Å². The molecule has 0 spiro atoms. The molecule has 0 aliphatic heterocycles. The highest BCUT2D eigenvalue weighted by molar-refractivity contribution is 7.80. The fourth-order valence-electron chi connectivity index (χ4n) is 2.80. The van der Waals surface area contributed by atoms with Crippen LogP contribution in [0.2, 0.25) is 0 Å². The normalized spacial score (nSPS) is 15.7. The first-order chi connectivity index (χ1) is 12.4. The van der Waals surface area contributed by atoms with E-state index in [2.05, 4.69) is 27.7 Å². The smallest absolute Gasteiger partial charge is 0.378 e. The van der Waals surface area contributed by atoms with Gasteiger partial charge in [-0.05, 0) is 24.7 Å². The van der Waals surface area contributed by atoms with Gasteiger partial charge >= 0.3 is 10.4 Å². The molecular weight excluding hydrogens is 356 g/mol. The average molecular weight is 397 g/mol. The fourth-order valence-corrected chi connectivity index (χ4v) is 3.26. The fraction of sp³-hybridized carbons (Fsp3) is 1.00. The Morgan fingerprint density at radius 1 is 0.769 bits per heavy atom. The lowest BCUT2D eigenvalue weighted by Gasteiger charge is -2.20. The van der Waals surface area contributed by atoms with E-state index in [0.29, 0.717) is 25.0 Å². The van der Waals surface area contributed by atoms with Crippen molar-refractivity contribution < 1.29 is 26.6 Å². The molecule has 2 atom stereocenters. The highest BCUT2D eigenvalue weighted by Crippen LogP contribution is 2.15. The summed E-state index contributed by atoms with van der Waals surface area (Å²) in [5.41, 5.74) is 0. The molecule has 0 heterocycles. The molecule has 0 aromatic heterocycles. The van der Waals surface area contributed by atoms with Crippen molar-refractivity contribution in [3.8, 4) is 0 Å². The zero-order valence-corrected chi connectivity index (χ0v) is 17.9. The molecule has 0 bridgehead atoms. The van der Waals surface area contributed by atoms with Crippen LogP contribution in [0.15, 0.2) is 0 Å². The van der Waals surface area contributed by atoms with Gasteiger partial charge in [0, 0.05) is 13.2 Å². The molecule has 0 rings (SSSR count). The molecule has 158 valence electrons. The molecule has 0 saturated heterocycles. The van der Waals surface area contributed by atoms with Gasteiger partial charge in [0.25, 0.3) is 0 Å². The number of hydrogen-bond donors (Lipinski definition) is 1. The van der Waals surface area contributed by atoms with Crippen LogP contribution in [0.5, 0.6) is 0 Å². The minimum Gasteiger partial charge on any atom is -0.378 e. The summed E-state index contributed by atoms with van der Waals surface area (Å²) in [6.07, 6.45) is 8.04. The largest absolute Gasteiger partial charge is 0.397 e. The maximum Gasteiger partial charge on any atom is 0.397 e. The Bertz CT molecular complexity index is 390. The third-order valence-corrected chi connectivity index (χ3v) is 5.17. The van der Waals surface area contributed by atoms with Crippen LogP contribution in [-0.4, -0.2) is 45.5 Å². The van der Waals surface area contributed by atoms with Gasteiger partial charge in [0.1, 0.15) is 6.10 Å². The second-order valence-electron chi connectivity index (χ2n) is 7.05. The van der Waals surface area contributed by atoms with Crippen molar-refractivity contribution in [1.82, 2.24) is 0 Å². The van der Waals surface area contributed by atoms with Gasteiger partial charge in [-0.15, -0.1) is 0 Å². The van der Waals surface area contributed by atoms with Gasteiger partial charge < -0.3 is 9.47 Å². The van der Waals surface area contributed by atoms with E-state index in [9.17, 15) is 8.42 Å². The van der Waals surface area contributed by atoms with Crippen LogP contribution in [0.4, 0.5) is 0 Å². The molecule has 0 aliphatic rings. The van der Waals surface area contributed by atoms with Crippen LogP contribution in [-0.2, 0) is 24.1 Å². The van der Waals surface area contributed by atoms with E-state index >= 15 is 0 Å². The van der Waals surface area contributed by atoms with Crippen LogP contribution in [0.3, 0.4) is 0 Å². The summed E-state index contributed by atoms with van der Waals surface area (Å²) in [7, 11) is -4.52. The quantitative estimate of drug-likeness (QED) is 0.340. The third-order valence-electron chi connectivity index (χ3n) is 4.66. The summed E-state index contributed by atoms with van der Waals surface area (Å²) in [6.45, 7) is 9.88. The van der Waals surface area contributed by atoms with Crippen molar-refractivity contribution in [3.63, 3.8) is 0 Å². The van der Waals surface area contributed by atoms with E-state index in [4.69, 9.17) is 18.2 Å². The second kappa shape index (κ2) is 15.8. The molecule has 0 fully saturated rings. The van der Waals surface area contributed by atoms with Gasteiger partial charge in [-0.2, -0.15) is 8.42 Å². The summed E-state index contributed by atoms with van der Waals surface area (Å²) in [4.78, 5) is 0. The van der Waals surface area contributed by atoms with Crippen molar-refractivity contribution in [2.45, 2.75) is 85.2 Å². The Labute approximate surface area is 160 Å². The number of ether oxygens (including phenoxy) is 2. The molecule has 2 unspecified atom stereocenters. The highest BCUT2D eigenvalue weighted by atomic mass is 32.3. The zero-order valence-electron chi connectivity index (χ0n) is 17.1. The van der Waals surface area contributed by atoms with Gasteiger partial charge in [-0.1, -0.05) is 66.2 Å². The molecule has 7 heteroatoms. The van der Waals surface area contributed by atoms with Crippen LogP contribution < -0.4 is 0 Å². The van der Waals surface area contributed by atoms with Gasteiger partial charge in [0.2, 0.25) is 0 Å². The molecule has 6 nitrogen and oxygen atoms in total. The van der Waals surface area contributed by atoms with Gasteiger partial charge in [0.05, 0.1) is 13.2 Å². The second-order valence-corrected chi connectivity index (χ2v) is 8.10. The first kappa shape index (κ1) is 25.8. The summed E-state index contributed by atoms with van der Waals surface area (Å²) >= 11 is 0. The van der Waals surface area contributed by atoms with Gasteiger partial charge in [-0.25, -0.2) is 4.18 Å². The Balaban J connectivity index is 4.34. The molecule has 0 saturated carbocycles. The van der Waals surface area contributed by atoms with Gasteiger partial charge in [0.15, 0.2) is 0 Å². The third kappa shape index (κ3) is 14.9. The van der Waals surface area contributed by atoms with Crippen LogP contribution in [0, 0.1) is 11.8 Å². The lowest BCUT2D eigenvalue weighted by Crippen LogP contribution is -2.30. The Morgan fingerprint density at radius 2 is 1.19 bits per heavy atom. The minimum absolute atomic E-state index is 0.0914. The topological polar surface area (TPSA) is 82.1 Å². The Kier molecular flexibility index (Phi) is 15.7. The highest BCUT2D eigenvalue weighted by Gasteiger charge is 2.19. The van der Waals surface area contributed by atoms with Crippen molar-refractivity contribution in [2.24, 2.45) is 11.8 Å². The maximum absolute atomic E-state index is 11.1. The number of unbranched alkanes of at least 4 members (excludes halogenated alkanes) is 2. The summed E-state index contributed by atoms with van der Waals surface area (Å²) in [6, 6.07) is 0. The molecule has 0 aromatic rings. The summed E-state index contributed by atoms with van der Waals surface area (Å²) < 4.78 is 47.1. The zero-order chi connectivity index (χ0) is 19.8. The van der Waals surface area contributed by atoms with E-state index < -0.39 is 16.5 Å². The molecule has 1 N–H and O–H groups in total. The molecule has 0 aromatic carbocycles. The molecule has 26 heavy (non-hydrogen) atoms. The van der Waals surface area contributed by atoms with E-state index in [1.54, 1.807) is 0 Å². The van der Waals surface area contributed by atoms with E-state index in [0.717, 1.165) is 51.4 Å². The Morgan fingerprint density at radius 3 is 1.50 bits per heavy atom. The lowest BCUT2D eigenvalue weighted by molar-refractivity contribution is -0.0244. The lowest BCUT2D eigenvalue weighted by atomic mass is 10.0. The van der Waals surface area contributed by atoms with Crippen molar-refractivity contribution in [2.75, 3.05) is 26.4 Å². The first-order valence-corrected chi connectivity index (χ1v) is 11.5. The van der Waals surface area contributed by atoms with E-state index in [1.165, 1.54) is 0 Å². The molecule has 0 radical (unpaired) electrons. The van der Waals surface area contributed by atoms with Gasteiger partial charge in [-0.3, -0.25) is 4.55 Å². The predicted molar refractivity (Wildman–Crippen MR) is 105 cm³/mol. The predicted octanol–water partition coefficient (Wildman–Crippen LogP) is 4.64. The Hall–Kier alpha value is -0.210. The summed E-state index contributed by atoms with van der Waals surface area (Å²) in [5.74, 6) is 0.918. The molecular formula is C19H40O6S. The van der Waals surface area contributed by atoms with Crippen LogP contribution in [0.1, 0.15) is 79.1 Å².